The Labute approximate surface area is 250 Å². The molecular formula is C28H31BrN3O9P. The number of para-hydroxylation sites is 1. The second kappa shape index (κ2) is 13.8. The molecule has 1 saturated heterocycles. The van der Waals surface area contributed by atoms with Gasteiger partial charge in [-0.2, -0.15) is 5.09 Å². The zero-order valence-electron chi connectivity index (χ0n) is 22.8. The quantitative estimate of drug-likeness (QED) is 0.192. The molecule has 0 aliphatic carbocycles. The number of benzene rings is 2. The Kier molecular flexibility index (Phi) is 10.4. The lowest BCUT2D eigenvalue weighted by molar-refractivity contribution is -0.151. The van der Waals surface area contributed by atoms with Crippen molar-refractivity contribution in [1.82, 2.24) is 14.6 Å². The molecule has 1 aromatic heterocycles. The normalized spacial score (nSPS) is 20.3. The third-order valence-electron chi connectivity index (χ3n) is 6.27. The van der Waals surface area contributed by atoms with Crippen LogP contribution in [0.15, 0.2) is 81.4 Å². The molecule has 4 atom stereocenters. The van der Waals surface area contributed by atoms with E-state index in [4.69, 9.17) is 18.5 Å². The van der Waals surface area contributed by atoms with Gasteiger partial charge in [0.1, 0.15) is 30.2 Å². The number of halogens is 1. The molecule has 0 bridgehead atoms. The van der Waals surface area contributed by atoms with Gasteiger partial charge in [-0.25, -0.2) is 9.36 Å². The minimum atomic E-state index is -4.29. The maximum absolute atomic E-state index is 14.0. The zero-order valence-corrected chi connectivity index (χ0v) is 25.3. The Morgan fingerprint density at radius 2 is 1.86 bits per heavy atom. The van der Waals surface area contributed by atoms with Crippen molar-refractivity contribution in [2.24, 2.45) is 0 Å². The summed E-state index contributed by atoms with van der Waals surface area (Å²) in [5, 5.41) is 13.4. The van der Waals surface area contributed by atoms with E-state index in [9.17, 15) is 24.1 Å². The highest BCUT2D eigenvalue weighted by molar-refractivity contribution is 9.11. The number of esters is 1. The van der Waals surface area contributed by atoms with E-state index in [2.05, 4.69) is 26.0 Å². The van der Waals surface area contributed by atoms with Gasteiger partial charge in [-0.05, 0) is 42.6 Å². The molecule has 0 spiro atoms. The summed E-state index contributed by atoms with van der Waals surface area (Å²) in [5.41, 5.74) is -1.85. The lowest BCUT2D eigenvalue weighted by Crippen LogP contribution is -2.47. The van der Waals surface area contributed by atoms with Crippen molar-refractivity contribution in [2.75, 3.05) is 6.61 Å². The number of nitrogens with one attached hydrogen (secondary N) is 2. The molecule has 224 valence electrons. The van der Waals surface area contributed by atoms with Gasteiger partial charge in [0, 0.05) is 12.6 Å². The fourth-order valence-electron chi connectivity index (χ4n) is 4.10. The maximum atomic E-state index is 14.0. The first-order chi connectivity index (χ1) is 20.0. The predicted molar refractivity (Wildman–Crippen MR) is 158 cm³/mol. The number of carbonyl (C=O) groups excluding carboxylic acids is 1. The Bertz CT molecular complexity index is 1560. The largest absolute Gasteiger partial charge is 0.459 e. The summed E-state index contributed by atoms with van der Waals surface area (Å²) in [4.78, 5) is 41.1. The Morgan fingerprint density at radius 3 is 2.52 bits per heavy atom. The molecule has 3 N–H and O–H groups in total. The number of nitrogens with zero attached hydrogens (tertiary/aromatic N) is 1. The number of aromatic amines is 1. The lowest BCUT2D eigenvalue weighted by Gasteiger charge is -2.30. The minimum Gasteiger partial charge on any atom is -0.459 e. The second-order valence-electron chi connectivity index (χ2n) is 9.97. The molecule has 42 heavy (non-hydrogen) atoms. The van der Waals surface area contributed by atoms with Crippen LogP contribution in [-0.4, -0.2) is 45.0 Å². The summed E-state index contributed by atoms with van der Waals surface area (Å²) in [6.07, 6.45) is -0.312. The highest BCUT2D eigenvalue weighted by atomic mass is 79.9. The van der Waals surface area contributed by atoms with E-state index in [0.717, 1.165) is 10.1 Å². The molecule has 2 heterocycles. The molecule has 1 aliphatic rings. The molecule has 14 heteroatoms. The Balaban J connectivity index is 1.48. The average molecular weight is 664 g/mol. The van der Waals surface area contributed by atoms with Gasteiger partial charge < -0.3 is 19.1 Å². The monoisotopic (exact) mass is 663 g/mol. The van der Waals surface area contributed by atoms with E-state index in [-0.39, 0.29) is 24.3 Å². The maximum Gasteiger partial charge on any atom is 0.459 e. The van der Waals surface area contributed by atoms with Crippen molar-refractivity contribution < 1.29 is 33.0 Å². The van der Waals surface area contributed by atoms with Gasteiger partial charge >= 0.3 is 19.4 Å². The van der Waals surface area contributed by atoms with Crippen LogP contribution in [0.5, 0.6) is 5.75 Å². The molecule has 1 fully saturated rings. The van der Waals surface area contributed by atoms with Crippen LogP contribution in [0.3, 0.4) is 0 Å². The van der Waals surface area contributed by atoms with Crippen LogP contribution in [-0.2, 0) is 30.0 Å². The van der Waals surface area contributed by atoms with Gasteiger partial charge in [-0.15, -0.1) is 0 Å². The van der Waals surface area contributed by atoms with E-state index < -0.39 is 55.5 Å². The first-order valence-electron chi connectivity index (χ1n) is 13.0. The molecule has 0 saturated carbocycles. The Hall–Kier alpha value is -3.32. The van der Waals surface area contributed by atoms with Crippen molar-refractivity contribution in [2.45, 2.75) is 50.8 Å². The van der Waals surface area contributed by atoms with Gasteiger partial charge in [0.25, 0.3) is 5.56 Å². The van der Waals surface area contributed by atoms with Crippen LogP contribution in [0.25, 0.3) is 6.08 Å². The summed E-state index contributed by atoms with van der Waals surface area (Å²) < 4.78 is 37.8. The number of hydrogen-bond acceptors (Lipinski definition) is 9. The van der Waals surface area contributed by atoms with Crippen molar-refractivity contribution in [3.63, 3.8) is 0 Å². The van der Waals surface area contributed by atoms with Crippen LogP contribution in [0.4, 0.5) is 0 Å². The van der Waals surface area contributed by atoms with E-state index in [1.165, 1.54) is 31.1 Å². The van der Waals surface area contributed by atoms with Gasteiger partial charge in [0.15, 0.2) is 0 Å². The number of H-pyrrole nitrogens is 1. The fourth-order valence-corrected chi connectivity index (χ4v) is 6.07. The molecule has 1 aliphatic heterocycles. The van der Waals surface area contributed by atoms with Crippen molar-refractivity contribution >= 4 is 35.7 Å². The lowest BCUT2D eigenvalue weighted by atomic mass is 10.1. The number of aliphatic hydroxyl groups is 1. The highest BCUT2D eigenvalue weighted by Gasteiger charge is 2.43. The summed E-state index contributed by atoms with van der Waals surface area (Å²) >= 11 is 3.10. The number of hydrogen-bond donors (Lipinski definition) is 3. The zero-order chi connectivity index (χ0) is 30.3. The molecule has 12 nitrogen and oxygen atoms in total. The molecule has 2 aromatic carbocycles. The number of carbonyl (C=O) groups is 1. The summed E-state index contributed by atoms with van der Waals surface area (Å²) in [6, 6.07) is 17.3. The number of rotatable bonds is 12. The van der Waals surface area contributed by atoms with Crippen LogP contribution in [0.2, 0.25) is 0 Å². The SMILES string of the molecule is CC(C)(NP(=O)(OC[C@H]1O[C@@H](n2cc(/C=C/Br)c(=O)[nH]c2=O)C[C@@H]1O)Oc1ccccc1)C(=O)OCc1ccccc1. The summed E-state index contributed by atoms with van der Waals surface area (Å²) in [5.74, 6) is -0.491. The molecule has 0 radical (unpaired) electrons. The van der Waals surface area contributed by atoms with Crippen LogP contribution < -0.4 is 20.9 Å². The van der Waals surface area contributed by atoms with E-state index in [1.54, 1.807) is 42.5 Å². The van der Waals surface area contributed by atoms with Crippen molar-refractivity contribution in [3.8, 4) is 5.75 Å². The Morgan fingerprint density at radius 1 is 1.19 bits per heavy atom. The first-order valence-corrected chi connectivity index (χ1v) is 15.4. The first kappa shape index (κ1) is 31.6. The topological polar surface area (TPSA) is 158 Å². The molecule has 3 aromatic rings. The number of aliphatic hydroxyl groups excluding tert-OH is 1. The van der Waals surface area contributed by atoms with Gasteiger partial charge in [0.2, 0.25) is 0 Å². The third kappa shape index (κ3) is 8.15. The summed E-state index contributed by atoms with van der Waals surface area (Å²) in [6.45, 7) is 2.54. The molecule has 4 rings (SSSR count). The van der Waals surface area contributed by atoms with Crippen molar-refractivity contribution in [1.29, 1.82) is 0 Å². The van der Waals surface area contributed by atoms with Crippen LogP contribution >= 0.6 is 23.7 Å². The predicted octanol–water partition coefficient (Wildman–Crippen LogP) is 3.87. The molecule has 0 amide bonds. The van der Waals surface area contributed by atoms with E-state index >= 15 is 0 Å². The standard InChI is InChI=1S/C28H31BrN3O9P/c1-28(2,26(35)38-17-19-9-5-3-6-10-19)31-42(37,41-21-11-7-4-8-12-21)39-18-23-22(33)15-24(40-23)32-16-20(13-14-29)25(34)30-27(32)36/h3-14,16,22-24,33H,15,17-18H2,1-2H3,(H,31,37)(H,30,34,36)/b14-13+/t22-,23+,24+,42?/m0/s1. The van der Waals surface area contributed by atoms with Crippen molar-refractivity contribution in [3.05, 3.63) is 104 Å². The van der Waals surface area contributed by atoms with Gasteiger partial charge in [-0.3, -0.25) is 23.7 Å². The van der Waals surface area contributed by atoms with E-state index in [0.29, 0.717) is 0 Å². The minimum absolute atomic E-state index is 0.00792. The molecular weight excluding hydrogens is 633 g/mol. The second-order valence-corrected chi connectivity index (χ2v) is 12.2. The fraction of sp³-hybridized carbons (Fsp3) is 0.321. The van der Waals surface area contributed by atoms with E-state index in [1.807, 2.05) is 18.2 Å². The van der Waals surface area contributed by atoms with Crippen LogP contribution in [0.1, 0.15) is 37.6 Å². The number of ether oxygens (including phenoxy) is 2. The number of aromatic nitrogens is 2. The molecule has 1 unspecified atom stereocenters. The third-order valence-corrected chi connectivity index (χ3v) is 8.31. The van der Waals surface area contributed by atoms with Crippen LogP contribution in [0, 0.1) is 0 Å². The summed E-state index contributed by atoms with van der Waals surface area (Å²) in [7, 11) is -4.29. The smallest absolute Gasteiger partial charge is 0.459 e. The van der Waals surface area contributed by atoms with Gasteiger partial charge in [-0.1, -0.05) is 64.5 Å². The highest BCUT2D eigenvalue weighted by Crippen LogP contribution is 2.47. The van der Waals surface area contributed by atoms with Gasteiger partial charge in [0.05, 0.1) is 18.3 Å². The average Bonchev–Trinajstić information content (AvgIpc) is 3.32.